The molecule has 0 bridgehead atoms. The van der Waals surface area contributed by atoms with Gasteiger partial charge in [-0.2, -0.15) is 0 Å². The molecule has 0 spiro atoms. The number of ether oxygens (including phenoxy) is 1. The Morgan fingerprint density at radius 2 is 1.89 bits per heavy atom. The molecule has 0 saturated heterocycles. The van der Waals surface area contributed by atoms with Gasteiger partial charge in [-0.05, 0) is 47.9 Å². The minimum Gasteiger partial charge on any atom is -0.503 e. The summed E-state index contributed by atoms with van der Waals surface area (Å²) in [6.07, 6.45) is 1.57. The Morgan fingerprint density at radius 1 is 1.14 bits per heavy atom. The lowest BCUT2D eigenvalue weighted by atomic mass is 9.97. The van der Waals surface area contributed by atoms with Crippen LogP contribution in [0.15, 0.2) is 82.6 Å². The van der Waals surface area contributed by atoms with Crippen LogP contribution < -0.4 is 9.64 Å². The predicted octanol–water partition coefficient (Wildman–Crippen LogP) is 6.40. The van der Waals surface area contributed by atoms with Crippen LogP contribution in [-0.2, 0) is 4.79 Å². The normalized spacial score (nSPS) is 15.9. The van der Waals surface area contributed by atoms with Gasteiger partial charge in [-0.3, -0.25) is 19.5 Å². The van der Waals surface area contributed by atoms with Gasteiger partial charge in [0.2, 0.25) is 5.78 Å². The van der Waals surface area contributed by atoms with Crippen LogP contribution in [0.25, 0.3) is 11.0 Å². The van der Waals surface area contributed by atoms with E-state index in [9.17, 15) is 14.7 Å². The zero-order valence-corrected chi connectivity index (χ0v) is 20.6. The van der Waals surface area contributed by atoms with Gasteiger partial charge in [-0.15, -0.1) is 0 Å². The third kappa shape index (κ3) is 3.91. The van der Waals surface area contributed by atoms with E-state index in [-0.39, 0.29) is 11.3 Å². The summed E-state index contributed by atoms with van der Waals surface area (Å²) >= 11 is 6.17. The smallest absolute Gasteiger partial charge is 0.294 e. The van der Waals surface area contributed by atoms with Crippen molar-refractivity contribution >= 4 is 39.9 Å². The summed E-state index contributed by atoms with van der Waals surface area (Å²) in [5.41, 5.74) is 2.29. The predicted molar refractivity (Wildman–Crippen MR) is 137 cm³/mol. The van der Waals surface area contributed by atoms with Crippen LogP contribution in [0, 0.1) is 0 Å². The number of amides is 1. The van der Waals surface area contributed by atoms with Crippen molar-refractivity contribution in [3.8, 4) is 5.75 Å². The van der Waals surface area contributed by atoms with Gasteiger partial charge in [0, 0.05) is 28.4 Å². The number of aliphatic hydroxyl groups excluding tert-OH is 1. The quantitative estimate of drug-likeness (QED) is 0.307. The maximum atomic E-state index is 13.8. The number of fused-ring (bicyclic) bond motifs is 1. The topological polar surface area (TPSA) is 92.9 Å². The SMILES string of the molecule is COc1cc(Cl)cc2cc(C(=O)C3=C(O)C(=O)N(c4ccc(C(C)C)cc4)C3c3ccccn3)oc12. The van der Waals surface area contributed by atoms with E-state index in [1.165, 1.54) is 18.1 Å². The third-order valence-corrected chi connectivity index (χ3v) is 6.47. The first-order valence-electron chi connectivity index (χ1n) is 11.4. The Kier molecular flexibility index (Phi) is 6.02. The zero-order chi connectivity index (χ0) is 25.6. The molecule has 3 heterocycles. The summed E-state index contributed by atoms with van der Waals surface area (Å²) in [4.78, 5) is 32.9. The minimum absolute atomic E-state index is 0.0575. The van der Waals surface area contributed by atoms with Crippen LogP contribution in [0.1, 0.15) is 47.6 Å². The molecule has 4 aromatic rings. The Balaban J connectivity index is 1.63. The van der Waals surface area contributed by atoms with Crippen LogP contribution in [0.2, 0.25) is 5.02 Å². The highest BCUT2D eigenvalue weighted by atomic mass is 35.5. The molecule has 1 aliphatic heterocycles. The van der Waals surface area contributed by atoms with Gasteiger partial charge >= 0.3 is 0 Å². The van der Waals surface area contributed by atoms with E-state index in [0.29, 0.717) is 39.0 Å². The number of carbonyl (C=O) groups is 2. The number of halogens is 1. The number of furan rings is 1. The molecule has 1 unspecified atom stereocenters. The number of hydrogen-bond donors (Lipinski definition) is 1. The fourth-order valence-electron chi connectivity index (χ4n) is 4.42. The first-order chi connectivity index (χ1) is 17.3. The van der Waals surface area contributed by atoms with E-state index < -0.39 is 23.5 Å². The number of rotatable bonds is 6. The molecule has 1 aliphatic rings. The average Bonchev–Trinajstić information content (AvgIpc) is 3.42. The van der Waals surface area contributed by atoms with Crippen molar-refractivity contribution in [3.63, 3.8) is 0 Å². The van der Waals surface area contributed by atoms with Crippen molar-refractivity contribution in [2.24, 2.45) is 0 Å². The van der Waals surface area contributed by atoms with E-state index in [2.05, 4.69) is 18.8 Å². The van der Waals surface area contributed by atoms with Gasteiger partial charge in [-0.1, -0.05) is 43.6 Å². The molecule has 0 aliphatic carbocycles. The lowest BCUT2D eigenvalue weighted by Crippen LogP contribution is -2.31. The van der Waals surface area contributed by atoms with Crippen molar-refractivity contribution in [1.82, 2.24) is 4.98 Å². The Labute approximate surface area is 212 Å². The second-order valence-corrected chi connectivity index (χ2v) is 9.24. The third-order valence-electron chi connectivity index (χ3n) is 6.25. The van der Waals surface area contributed by atoms with Gasteiger partial charge in [0.25, 0.3) is 5.91 Å². The van der Waals surface area contributed by atoms with Gasteiger partial charge in [0.1, 0.15) is 6.04 Å². The second kappa shape index (κ2) is 9.17. The summed E-state index contributed by atoms with van der Waals surface area (Å²) in [7, 11) is 1.47. The fraction of sp³-hybridized carbons (Fsp3) is 0.179. The molecule has 8 heteroatoms. The van der Waals surface area contributed by atoms with Gasteiger partial charge in [0.15, 0.2) is 22.9 Å². The van der Waals surface area contributed by atoms with E-state index in [0.717, 1.165) is 5.56 Å². The summed E-state index contributed by atoms with van der Waals surface area (Å²) < 4.78 is 11.2. The number of aromatic nitrogens is 1. The van der Waals surface area contributed by atoms with Crippen LogP contribution in [0.3, 0.4) is 0 Å². The molecular formula is C28H23ClN2O5. The number of carbonyl (C=O) groups excluding carboxylic acids is 2. The van der Waals surface area contributed by atoms with Crippen molar-refractivity contribution in [2.45, 2.75) is 25.8 Å². The van der Waals surface area contributed by atoms with E-state index >= 15 is 0 Å². The number of pyridine rings is 1. The van der Waals surface area contributed by atoms with Gasteiger partial charge < -0.3 is 14.3 Å². The monoisotopic (exact) mass is 502 g/mol. The zero-order valence-electron chi connectivity index (χ0n) is 19.9. The summed E-state index contributed by atoms with van der Waals surface area (Å²) in [5, 5.41) is 11.9. The Bertz CT molecular complexity index is 1510. The molecule has 0 fully saturated rings. The molecule has 1 amide bonds. The van der Waals surface area contributed by atoms with Crippen LogP contribution >= 0.6 is 11.6 Å². The maximum Gasteiger partial charge on any atom is 0.294 e. The van der Waals surface area contributed by atoms with Crippen molar-refractivity contribution in [3.05, 3.63) is 100 Å². The average molecular weight is 503 g/mol. The van der Waals surface area contributed by atoms with Gasteiger partial charge in [0.05, 0.1) is 18.4 Å². The maximum absolute atomic E-state index is 13.8. The first kappa shape index (κ1) is 23.6. The number of ketones is 1. The molecule has 1 N–H and O–H groups in total. The number of Topliss-reactive ketones (excluding diaryl/α,β-unsaturated/α-hetero) is 1. The van der Waals surface area contributed by atoms with Crippen LogP contribution in [0.4, 0.5) is 5.69 Å². The summed E-state index contributed by atoms with van der Waals surface area (Å²) in [6, 6.07) is 16.5. The standard InChI is InChI=1S/C28H23ClN2O5/c1-15(2)16-7-9-19(10-8-16)31-24(20-6-4-5-11-30-20)23(26(33)28(31)34)25(32)21-13-17-12-18(29)14-22(35-3)27(17)36-21/h4-15,24,33H,1-3H3. The minimum atomic E-state index is -0.949. The molecule has 182 valence electrons. The highest BCUT2D eigenvalue weighted by Crippen LogP contribution is 2.42. The number of anilines is 1. The lowest BCUT2D eigenvalue weighted by molar-refractivity contribution is -0.117. The van der Waals surface area contributed by atoms with Crippen molar-refractivity contribution < 1.29 is 23.8 Å². The molecule has 5 rings (SSSR count). The number of methoxy groups -OCH3 is 1. The second-order valence-electron chi connectivity index (χ2n) is 8.81. The largest absolute Gasteiger partial charge is 0.503 e. The highest BCUT2D eigenvalue weighted by molar-refractivity contribution is 6.31. The van der Waals surface area contributed by atoms with Crippen molar-refractivity contribution in [1.29, 1.82) is 0 Å². The molecule has 2 aromatic heterocycles. The van der Waals surface area contributed by atoms with E-state index in [1.807, 2.05) is 12.1 Å². The van der Waals surface area contributed by atoms with Crippen LogP contribution in [-0.4, -0.2) is 28.9 Å². The molecule has 0 saturated carbocycles. The van der Waals surface area contributed by atoms with Gasteiger partial charge in [-0.25, -0.2) is 0 Å². The van der Waals surface area contributed by atoms with E-state index in [1.54, 1.807) is 48.7 Å². The van der Waals surface area contributed by atoms with Crippen molar-refractivity contribution in [2.75, 3.05) is 12.0 Å². The number of aliphatic hydroxyl groups is 1. The molecular weight excluding hydrogens is 480 g/mol. The molecule has 36 heavy (non-hydrogen) atoms. The van der Waals surface area contributed by atoms with Crippen LogP contribution in [0.5, 0.6) is 5.75 Å². The number of benzene rings is 2. The summed E-state index contributed by atoms with van der Waals surface area (Å²) in [6.45, 7) is 4.15. The molecule has 7 nitrogen and oxygen atoms in total. The molecule has 0 radical (unpaired) electrons. The number of hydrogen-bond acceptors (Lipinski definition) is 6. The highest BCUT2D eigenvalue weighted by Gasteiger charge is 2.46. The fourth-order valence-corrected chi connectivity index (χ4v) is 4.64. The Hall–Kier alpha value is -4.10. The Morgan fingerprint density at radius 3 is 2.53 bits per heavy atom. The molecule has 2 aromatic carbocycles. The lowest BCUT2D eigenvalue weighted by Gasteiger charge is -2.26. The van der Waals surface area contributed by atoms with E-state index in [4.69, 9.17) is 20.8 Å². The number of nitrogens with zero attached hydrogens (tertiary/aromatic N) is 2. The first-order valence-corrected chi connectivity index (χ1v) is 11.8. The summed E-state index contributed by atoms with van der Waals surface area (Å²) in [5.74, 6) is -1.35. The molecule has 1 atom stereocenters.